The first kappa shape index (κ1) is 34.5. The third kappa shape index (κ3) is 8.56. The minimum Gasteiger partial charge on any atom is -0.495 e. The van der Waals surface area contributed by atoms with Gasteiger partial charge in [0, 0.05) is 17.6 Å². The van der Waals surface area contributed by atoms with Crippen LogP contribution in [0.2, 0.25) is 15.1 Å². The van der Waals surface area contributed by atoms with Gasteiger partial charge in [-0.2, -0.15) is 0 Å². The second kappa shape index (κ2) is 15.1. The highest BCUT2D eigenvalue weighted by Crippen LogP contribution is 2.35. The van der Waals surface area contributed by atoms with Gasteiger partial charge in [-0.3, -0.25) is 13.9 Å². The molecule has 3 aromatic carbocycles. The van der Waals surface area contributed by atoms with E-state index >= 15 is 0 Å². The second-order valence-corrected chi connectivity index (χ2v) is 13.3. The number of anilines is 1. The monoisotopic (exact) mass is 667 g/mol. The van der Waals surface area contributed by atoms with E-state index in [9.17, 15) is 18.0 Å². The van der Waals surface area contributed by atoms with Crippen molar-refractivity contribution < 1.29 is 22.7 Å². The number of nitrogens with zero attached hydrogens (tertiary/aromatic N) is 2. The SMILES string of the molecule is CC[C@@H](C)NC(=O)[C@H](CC)N(Cc1ccc(Cl)c(Cl)c1)C(=O)CN(c1cc(Cl)ccc1OC)S(=O)(=O)c1ccc(C)cc1. The van der Waals surface area contributed by atoms with Crippen LogP contribution in [-0.4, -0.2) is 50.9 Å². The van der Waals surface area contributed by atoms with E-state index in [1.807, 2.05) is 20.8 Å². The average Bonchev–Trinajstić information content (AvgIpc) is 2.97. The molecule has 1 N–H and O–H groups in total. The molecule has 0 radical (unpaired) electrons. The molecule has 0 heterocycles. The van der Waals surface area contributed by atoms with Crippen molar-refractivity contribution in [1.29, 1.82) is 0 Å². The molecule has 0 aromatic heterocycles. The molecule has 0 saturated heterocycles. The molecule has 0 aliphatic rings. The zero-order valence-electron chi connectivity index (χ0n) is 24.7. The number of hydrogen-bond donors (Lipinski definition) is 1. The van der Waals surface area contributed by atoms with Crippen LogP contribution >= 0.6 is 34.8 Å². The van der Waals surface area contributed by atoms with Crippen molar-refractivity contribution in [3.63, 3.8) is 0 Å². The van der Waals surface area contributed by atoms with Gasteiger partial charge in [0.1, 0.15) is 18.3 Å². The van der Waals surface area contributed by atoms with Crippen LogP contribution in [0.25, 0.3) is 0 Å². The first-order valence-electron chi connectivity index (χ1n) is 13.8. The summed E-state index contributed by atoms with van der Waals surface area (Å²) in [6.07, 6.45) is 0.973. The lowest BCUT2D eigenvalue weighted by atomic mass is 10.1. The largest absolute Gasteiger partial charge is 0.495 e. The standard InChI is InChI=1S/C31H36Cl3N3O5S/c1-6-21(4)35-31(39)27(7-2)36(18-22-10-14-25(33)26(34)16-22)30(38)19-37(28-17-23(32)11-15-29(28)42-5)43(40,41)24-12-8-20(3)9-13-24/h8-17,21,27H,6-7,18-19H2,1-5H3,(H,35,39)/t21-,27+/m1/s1. The van der Waals surface area contributed by atoms with Crippen LogP contribution in [0.15, 0.2) is 65.6 Å². The average molecular weight is 669 g/mol. The van der Waals surface area contributed by atoms with E-state index in [0.29, 0.717) is 17.0 Å². The summed E-state index contributed by atoms with van der Waals surface area (Å²) >= 11 is 18.7. The maximum atomic E-state index is 14.3. The molecule has 0 saturated carbocycles. The molecule has 8 nitrogen and oxygen atoms in total. The fourth-order valence-corrected chi connectivity index (χ4v) is 6.31. The number of methoxy groups -OCH3 is 1. The van der Waals surface area contributed by atoms with Crippen molar-refractivity contribution >= 4 is 62.3 Å². The second-order valence-electron chi connectivity index (χ2n) is 10.2. The zero-order chi connectivity index (χ0) is 31.9. The van der Waals surface area contributed by atoms with E-state index in [1.165, 1.54) is 36.3 Å². The third-order valence-electron chi connectivity index (χ3n) is 7.02. The number of aryl methyl sites for hydroxylation is 1. The maximum Gasteiger partial charge on any atom is 0.264 e. The number of halogens is 3. The smallest absolute Gasteiger partial charge is 0.264 e. The fourth-order valence-electron chi connectivity index (χ4n) is 4.40. The number of amides is 2. The number of sulfonamides is 1. The molecule has 12 heteroatoms. The number of carbonyl (C=O) groups excluding carboxylic acids is 2. The van der Waals surface area contributed by atoms with E-state index in [2.05, 4.69) is 5.32 Å². The first-order valence-corrected chi connectivity index (χ1v) is 16.4. The van der Waals surface area contributed by atoms with E-state index < -0.39 is 28.5 Å². The topological polar surface area (TPSA) is 96.0 Å². The molecule has 0 bridgehead atoms. The van der Waals surface area contributed by atoms with Crippen molar-refractivity contribution in [2.75, 3.05) is 18.0 Å². The van der Waals surface area contributed by atoms with E-state index in [0.717, 1.165) is 9.87 Å². The maximum absolute atomic E-state index is 14.3. The zero-order valence-corrected chi connectivity index (χ0v) is 27.8. The Morgan fingerprint density at radius 2 is 1.60 bits per heavy atom. The summed E-state index contributed by atoms with van der Waals surface area (Å²) in [6.45, 7) is 6.78. The molecular weight excluding hydrogens is 633 g/mol. The minimum atomic E-state index is -4.30. The highest BCUT2D eigenvalue weighted by molar-refractivity contribution is 7.92. The number of rotatable bonds is 13. The van der Waals surface area contributed by atoms with Crippen LogP contribution in [0.4, 0.5) is 5.69 Å². The molecular formula is C31H36Cl3N3O5S. The van der Waals surface area contributed by atoms with Gasteiger partial charge in [0.2, 0.25) is 11.8 Å². The van der Waals surface area contributed by atoms with E-state index in [-0.39, 0.29) is 51.3 Å². The summed E-state index contributed by atoms with van der Waals surface area (Å²) in [5.41, 5.74) is 1.56. The van der Waals surface area contributed by atoms with E-state index in [4.69, 9.17) is 39.5 Å². The van der Waals surface area contributed by atoms with E-state index in [1.54, 1.807) is 43.3 Å². The minimum absolute atomic E-state index is 0.0206. The van der Waals surface area contributed by atoms with Crippen molar-refractivity contribution in [2.45, 2.75) is 64.1 Å². The van der Waals surface area contributed by atoms with Crippen LogP contribution in [0.5, 0.6) is 5.75 Å². The molecule has 2 atom stereocenters. The summed E-state index contributed by atoms with van der Waals surface area (Å²) in [5, 5.41) is 3.82. The van der Waals surface area contributed by atoms with Gasteiger partial charge in [-0.1, -0.05) is 72.4 Å². The van der Waals surface area contributed by atoms with Crippen molar-refractivity contribution in [1.82, 2.24) is 10.2 Å². The van der Waals surface area contributed by atoms with Gasteiger partial charge in [-0.25, -0.2) is 8.42 Å². The molecule has 43 heavy (non-hydrogen) atoms. The summed E-state index contributed by atoms with van der Waals surface area (Å²) in [4.78, 5) is 29.0. The number of ether oxygens (including phenoxy) is 1. The molecule has 232 valence electrons. The van der Waals surface area contributed by atoms with Gasteiger partial charge in [0.25, 0.3) is 10.0 Å². The quantitative estimate of drug-likeness (QED) is 0.214. The van der Waals surface area contributed by atoms with Gasteiger partial charge in [0.05, 0.1) is 27.7 Å². The summed E-state index contributed by atoms with van der Waals surface area (Å²) < 4.78 is 34.7. The molecule has 0 unspecified atom stereocenters. The number of nitrogens with one attached hydrogen (secondary N) is 1. The lowest BCUT2D eigenvalue weighted by Crippen LogP contribution is -2.53. The Kier molecular flexibility index (Phi) is 12.2. The predicted molar refractivity (Wildman–Crippen MR) is 173 cm³/mol. The summed E-state index contributed by atoms with van der Waals surface area (Å²) in [7, 11) is -2.90. The fraction of sp³-hybridized carbons (Fsp3) is 0.355. The van der Waals surface area contributed by atoms with Gasteiger partial charge in [-0.05, 0) is 74.7 Å². The molecule has 3 rings (SSSR count). The molecule has 0 aliphatic carbocycles. The number of carbonyl (C=O) groups is 2. The van der Waals surface area contributed by atoms with Crippen molar-refractivity contribution in [3.8, 4) is 5.75 Å². The Hall–Kier alpha value is -2.98. The van der Waals surface area contributed by atoms with Crippen LogP contribution in [0, 0.1) is 6.92 Å². The number of hydrogen-bond acceptors (Lipinski definition) is 5. The molecule has 0 fully saturated rings. The molecule has 2 amide bonds. The van der Waals surface area contributed by atoms with Crippen LogP contribution in [0.1, 0.15) is 44.7 Å². The van der Waals surface area contributed by atoms with Crippen LogP contribution in [-0.2, 0) is 26.2 Å². The Morgan fingerprint density at radius 3 is 2.19 bits per heavy atom. The molecule has 3 aromatic rings. The third-order valence-corrected chi connectivity index (χ3v) is 9.77. The first-order chi connectivity index (χ1) is 20.3. The Labute approximate surface area is 268 Å². The molecule has 0 spiro atoms. The Balaban J connectivity index is 2.14. The summed E-state index contributed by atoms with van der Waals surface area (Å²) in [5.74, 6) is -0.765. The predicted octanol–water partition coefficient (Wildman–Crippen LogP) is 6.88. The lowest BCUT2D eigenvalue weighted by Gasteiger charge is -2.34. The van der Waals surface area contributed by atoms with Gasteiger partial charge in [0.15, 0.2) is 0 Å². The van der Waals surface area contributed by atoms with Gasteiger partial charge in [-0.15, -0.1) is 0 Å². The molecule has 0 aliphatic heterocycles. The Morgan fingerprint density at radius 1 is 0.930 bits per heavy atom. The van der Waals surface area contributed by atoms with Crippen molar-refractivity contribution in [2.24, 2.45) is 0 Å². The lowest BCUT2D eigenvalue weighted by molar-refractivity contribution is -0.140. The highest BCUT2D eigenvalue weighted by atomic mass is 35.5. The van der Waals surface area contributed by atoms with Gasteiger partial charge < -0.3 is 15.0 Å². The Bertz CT molecular complexity index is 1550. The van der Waals surface area contributed by atoms with Crippen LogP contribution < -0.4 is 14.4 Å². The van der Waals surface area contributed by atoms with Crippen molar-refractivity contribution in [3.05, 3.63) is 86.9 Å². The highest BCUT2D eigenvalue weighted by Gasteiger charge is 2.35. The van der Waals surface area contributed by atoms with Gasteiger partial charge >= 0.3 is 0 Å². The van der Waals surface area contributed by atoms with Crippen LogP contribution in [0.3, 0.4) is 0 Å². The number of benzene rings is 3. The normalized spacial score (nSPS) is 12.7. The summed E-state index contributed by atoms with van der Waals surface area (Å²) in [6, 6.07) is 14.7.